The predicted octanol–water partition coefficient (Wildman–Crippen LogP) is 2.97. The largest absolute Gasteiger partial charge is 0.486 e. The Balaban J connectivity index is 1.25. The Kier molecular flexibility index (Phi) is 5.90. The highest BCUT2D eigenvalue weighted by Crippen LogP contribution is 2.36. The number of furan rings is 1. The van der Waals surface area contributed by atoms with Crippen LogP contribution in [0, 0.1) is 5.92 Å². The number of carbonyl (C=O) groups is 3. The summed E-state index contributed by atoms with van der Waals surface area (Å²) >= 11 is 0. The molecule has 2 aromatic carbocycles. The van der Waals surface area contributed by atoms with Crippen molar-refractivity contribution in [3.05, 3.63) is 72.2 Å². The highest BCUT2D eigenvalue weighted by Gasteiger charge is 2.36. The summed E-state index contributed by atoms with van der Waals surface area (Å²) < 4.78 is 16.4. The number of rotatable bonds is 6. The maximum atomic E-state index is 13.0. The third kappa shape index (κ3) is 4.45. The van der Waals surface area contributed by atoms with Crippen LogP contribution in [0.4, 0.5) is 11.4 Å². The molecule has 174 valence electrons. The van der Waals surface area contributed by atoms with Gasteiger partial charge in [-0.1, -0.05) is 12.1 Å². The van der Waals surface area contributed by atoms with Gasteiger partial charge in [0.1, 0.15) is 19.0 Å². The number of benzene rings is 2. The smallest absolute Gasteiger partial charge is 0.253 e. The Hall–Kier alpha value is -4.27. The Morgan fingerprint density at radius 3 is 2.65 bits per heavy atom. The molecule has 2 N–H and O–H groups in total. The summed E-state index contributed by atoms with van der Waals surface area (Å²) in [4.78, 5) is 39.9. The number of carbonyl (C=O) groups excluding carboxylic acids is 3. The van der Waals surface area contributed by atoms with E-state index < -0.39 is 5.92 Å². The normalized spacial score (nSPS) is 16.9. The molecule has 2 aliphatic heterocycles. The van der Waals surface area contributed by atoms with Gasteiger partial charge in [0.25, 0.3) is 5.91 Å². The Bertz CT molecular complexity index is 1220. The molecule has 0 aliphatic carbocycles. The van der Waals surface area contributed by atoms with E-state index in [9.17, 15) is 14.4 Å². The van der Waals surface area contributed by atoms with Gasteiger partial charge < -0.3 is 29.4 Å². The molecule has 9 heteroatoms. The van der Waals surface area contributed by atoms with Crippen molar-refractivity contribution in [2.45, 2.75) is 13.0 Å². The number of anilines is 2. The molecule has 2 aliphatic rings. The zero-order chi connectivity index (χ0) is 23.5. The summed E-state index contributed by atoms with van der Waals surface area (Å²) in [6, 6.07) is 15.6. The number of ether oxygens (including phenoxy) is 2. The lowest BCUT2D eigenvalue weighted by Gasteiger charge is -2.22. The maximum Gasteiger partial charge on any atom is 0.253 e. The Morgan fingerprint density at radius 2 is 1.82 bits per heavy atom. The zero-order valence-electron chi connectivity index (χ0n) is 18.3. The molecular weight excluding hydrogens is 438 g/mol. The van der Waals surface area contributed by atoms with Crippen molar-refractivity contribution < 1.29 is 28.3 Å². The zero-order valence-corrected chi connectivity index (χ0v) is 18.3. The molecule has 1 aromatic heterocycles. The van der Waals surface area contributed by atoms with Crippen molar-refractivity contribution >= 4 is 29.1 Å². The lowest BCUT2D eigenvalue weighted by Crippen LogP contribution is -2.29. The lowest BCUT2D eigenvalue weighted by molar-refractivity contribution is -0.122. The van der Waals surface area contributed by atoms with Gasteiger partial charge in [-0.3, -0.25) is 14.4 Å². The average Bonchev–Trinajstić information content (AvgIpc) is 3.52. The first-order valence-corrected chi connectivity index (χ1v) is 11.0. The Morgan fingerprint density at radius 1 is 1.00 bits per heavy atom. The molecule has 34 heavy (non-hydrogen) atoms. The van der Waals surface area contributed by atoms with E-state index in [0.29, 0.717) is 47.4 Å². The van der Waals surface area contributed by atoms with Gasteiger partial charge in [-0.15, -0.1) is 0 Å². The number of amides is 3. The van der Waals surface area contributed by atoms with E-state index in [-0.39, 0.29) is 37.2 Å². The summed E-state index contributed by atoms with van der Waals surface area (Å²) in [7, 11) is 0. The van der Waals surface area contributed by atoms with Gasteiger partial charge in [-0.05, 0) is 36.4 Å². The van der Waals surface area contributed by atoms with Crippen LogP contribution in [0.25, 0.3) is 0 Å². The van der Waals surface area contributed by atoms with E-state index in [0.717, 1.165) is 0 Å². The third-order valence-electron chi connectivity index (χ3n) is 5.77. The van der Waals surface area contributed by atoms with Crippen LogP contribution in [0.2, 0.25) is 0 Å². The molecular formula is C25H23N3O6. The molecule has 0 radical (unpaired) electrons. The van der Waals surface area contributed by atoms with Crippen LogP contribution in [0.15, 0.2) is 65.3 Å². The molecule has 3 heterocycles. The van der Waals surface area contributed by atoms with Gasteiger partial charge in [-0.2, -0.15) is 0 Å². The van der Waals surface area contributed by atoms with Gasteiger partial charge in [0, 0.05) is 24.7 Å². The van der Waals surface area contributed by atoms with E-state index in [2.05, 4.69) is 10.6 Å². The lowest BCUT2D eigenvalue weighted by atomic mass is 10.1. The Labute approximate surface area is 195 Å². The van der Waals surface area contributed by atoms with Gasteiger partial charge >= 0.3 is 0 Å². The molecule has 5 rings (SSSR count). The summed E-state index contributed by atoms with van der Waals surface area (Å²) in [5, 5.41) is 5.60. The van der Waals surface area contributed by atoms with E-state index in [1.54, 1.807) is 59.5 Å². The molecule has 1 saturated heterocycles. The molecule has 3 amide bonds. The highest BCUT2D eigenvalue weighted by atomic mass is 16.6. The fraction of sp³-hybridized carbons (Fsp3) is 0.240. The number of para-hydroxylation sites is 1. The number of hydrogen-bond acceptors (Lipinski definition) is 6. The van der Waals surface area contributed by atoms with Crippen molar-refractivity contribution in [1.29, 1.82) is 0 Å². The van der Waals surface area contributed by atoms with Crippen molar-refractivity contribution in [2.75, 3.05) is 30.0 Å². The van der Waals surface area contributed by atoms with Crippen LogP contribution in [-0.4, -0.2) is 37.5 Å². The van der Waals surface area contributed by atoms with Crippen LogP contribution in [0.1, 0.15) is 22.5 Å². The third-order valence-corrected chi connectivity index (χ3v) is 5.77. The van der Waals surface area contributed by atoms with Crippen molar-refractivity contribution in [3.63, 3.8) is 0 Å². The minimum atomic E-state index is -0.556. The standard InChI is InChI=1S/C25H23N3O6/c29-23-12-16(15-28(23)17-7-8-21-22(13-17)34-11-10-33-21)24(30)27-20-6-2-1-5-19(20)25(31)26-14-18-4-3-9-32-18/h1-9,13,16H,10-12,14-15H2,(H,26,31)(H,27,30). The second-order valence-corrected chi connectivity index (χ2v) is 8.03. The minimum Gasteiger partial charge on any atom is -0.486 e. The topological polar surface area (TPSA) is 110 Å². The second kappa shape index (κ2) is 9.30. The molecule has 0 bridgehead atoms. The summed E-state index contributed by atoms with van der Waals surface area (Å²) in [5.74, 6) is 0.476. The number of nitrogens with one attached hydrogen (secondary N) is 2. The van der Waals surface area contributed by atoms with E-state index in [4.69, 9.17) is 13.9 Å². The minimum absolute atomic E-state index is 0.0765. The monoisotopic (exact) mass is 461 g/mol. The molecule has 3 aromatic rings. The first-order chi connectivity index (χ1) is 16.6. The summed E-state index contributed by atoms with van der Waals surface area (Å²) in [6.45, 7) is 1.40. The van der Waals surface area contributed by atoms with Crippen molar-refractivity contribution in [1.82, 2.24) is 5.32 Å². The van der Waals surface area contributed by atoms with Crippen molar-refractivity contribution in [2.24, 2.45) is 5.92 Å². The quantitative estimate of drug-likeness (QED) is 0.584. The van der Waals surface area contributed by atoms with E-state index in [1.807, 2.05) is 0 Å². The van der Waals surface area contributed by atoms with Gasteiger partial charge in [0.2, 0.25) is 11.8 Å². The van der Waals surface area contributed by atoms with Crippen LogP contribution in [-0.2, 0) is 16.1 Å². The number of nitrogens with zero attached hydrogens (tertiary/aromatic N) is 1. The van der Waals surface area contributed by atoms with Crippen LogP contribution < -0.4 is 25.0 Å². The van der Waals surface area contributed by atoms with Gasteiger partial charge in [0.05, 0.1) is 30.0 Å². The fourth-order valence-corrected chi connectivity index (χ4v) is 4.03. The van der Waals surface area contributed by atoms with Crippen LogP contribution >= 0.6 is 0 Å². The van der Waals surface area contributed by atoms with E-state index in [1.165, 1.54) is 6.26 Å². The molecule has 1 atom stereocenters. The molecule has 9 nitrogen and oxygen atoms in total. The SMILES string of the molecule is O=C(NCc1ccco1)c1ccccc1NC(=O)C1CC(=O)N(c2ccc3c(c2)OCCO3)C1. The molecule has 1 fully saturated rings. The summed E-state index contributed by atoms with van der Waals surface area (Å²) in [6.07, 6.45) is 1.61. The first kappa shape index (κ1) is 21.6. The van der Waals surface area contributed by atoms with Gasteiger partial charge in [-0.25, -0.2) is 0 Å². The number of hydrogen-bond donors (Lipinski definition) is 2. The molecule has 0 saturated carbocycles. The maximum absolute atomic E-state index is 13.0. The molecule has 0 spiro atoms. The highest BCUT2D eigenvalue weighted by molar-refractivity contribution is 6.07. The van der Waals surface area contributed by atoms with Crippen molar-refractivity contribution in [3.8, 4) is 11.5 Å². The van der Waals surface area contributed by atoms with Crippen LogP contribution in [0.3, 0.4) is 0 Å². The first-order valence-electron chi connectivity index (χ1n) is 11.0. The fourth-order valence-electron chi connectivity index (χ4n) is 4.03. The average molecular weight is 461 g/mol. The van der Waals surface area contributed by atoms with Crippen LogP contribution in [0.5, 0.6) is 11.5 Å². The second-order valence-electron chi connectivity index (χ2n) is 8.03. The van der Waals surface area contributed by atoms with Gasteiger partial charge in [0.15, 0.2) is 11.5 Å². The predicted molar refractivity (Wildman–Crippen MR) is 123 cm³/mol. The number of fused-ring (bicyclic) bond motifs is 1. The molecule has 1 unspecified atom stereocenters. The summed E-state index contributed by atoms with van der Waals surface area (Å²) in [5.41, 5.74) is 1.37. The van der Waals surface area contributed by atoms with E-state index >= 15 is 0 Å².